The molecular weight excluding hydrogens is 408 g/mol. The molecule has 1 aromatic carbocycles. The Hall–Kier alpha value is -3.23. The second kappa shape index (κ2) is 8.49. The van der Waals surface area contributed by atoms with Gasteiger partial charge >= 0.3 is 6.09 Å². The number of carbonyl (C=O) groups excluding carboxylic acids is 2. The lowest BCUT2D eigenvalue weighted by atomic mass is 9.91. The second-order valence-electron chi connectivity index (χ2n) is 7.85. The molecule has 2 amide bonds. The topological polar surface area (TPSA) is 80.8 Å². The number of piperidine rings is 1. The summed E-state index contributed by atoms with van der Waals surface area (Å²) in [5.41, 5.74) is -0.0593. The van der Waals surface area contributed by atoms with Crippen LogP contribution in [0.4, 0.5) is 19.4 Å². The molecule has 9 heteroatoms. The largest absolute Gasteiger partial charge is 0.453 e. The van der Waals surface area contributed by atoms with E-state index in [2.05, 4.69) is 10.3 Å². The Balaban J connectivity index is 1.29. The van der Waals surface area contributed by atoms with Crippen molar-refractivity contribution in [2.75, 3.05) is 25.0 Å². The Labute approximate surface area is 178 Å². The smallest absolute Gasteiger partial charge is 0.409 e. The van der Waals surface area contributed by atoms with E-state index in [0.29, 0.717) is 25.5 Å². The monoisotopic (exact) mass is 431 g/mol. The first-order valence-corrected chi connectivity index (χ1v) is 10.2. The van der Waals surface area contributed by atoms with E-state index in [1.165, 1.54) is 12.3 Å². The number of aromatic nitrogens is 1. The molecule has 0 bridgehead atoms. The number of halogens is 2. The summed E-state index contributed by atoms with van der Waals surface area (Å²) in [5.74, 6) is -1.20. The van der Waals surface area contributed by atoms with Crippen molar-refractivity contribution in [2.24, 2.45) is 11.3 Å². The van der Waals surface area contributed by atoms with Gasteiger partial charge < -0.3 is 19.7 Å². The Kier molecular flexibility index (Phi) is 5.75. The average Bonchev–Trinajstić information content (AvgIpc) is 3.45. The summed E-state index contributed by atoms with van der Waals surface area (Å²) in [6.45, 7) is 3.30. The number of rotatable bonds is 5. The van der Waals surface area contributed by atoms with Crippen molar-refractivity contribution in [3.05, 3.63) is 48.2 Å². The fourth-order valence-electron chi connectivity index (χ4n) is 4.03. The lowest BCUT2D eigenvalue weighted by molar-refractivity contribution is -0.118. The number of anilines is 1. The summed E-state index contributed by atoms with van der Waals surface area (Å²) in [6, 6.07) is 6.14. The Bertz CT molecular complexity index is 975. The van der Waals surface area contributed by atoms with Gasteiger partial charge in [0.1, 0.15) is 17.4 Å². The summed E-state index contributed by atoms with van der Waals surface area (Å²) < 4.78 is 37.1. The van der Waals surface area contributed by atoms with Crippen LogP contribution in [0.25, 0.3) is 0 Å². The standard InChI is InChI=1S/C22H23F2N3O4/c1-2-30-21(29)27-9-7-22(8-10-27)12-16(22)20(28)26-19-6-4-15(13-25-19)31-18-5-3-14(23)11-17(18)24/h3-6,11,13,16H,2,7-10,12H2,1H3,(H,25,26,28). The maximum Gasteiger partial charge on any atom is 0.409 e. The molecule has 1 unspecified atom stereocenters. The molecule has 4 rings (SSSR count). The summed E-state index contributed by atoms with van der Waals surface area (Å²) in [7, 11) is 0. The number of likely N-dealkylation sites (tertiary alicyclic amines) is 1. The highest BCUT2D eigenvalue weighted by Gasteiger charge is 2.58. The molecule has 1 aliphatic heterocycles. The number of nitrogens with one attached hydrogen (secondary N) is 1. The highest BCUT2D eigenvalue weighted by Crippen LogP contribution is 2.59. The molecule has 31 heavy (non-hydrogen) atoms. The van der Waals surface area contributed by atoms with Crippen molar-refractivity contribution < 1.29 is 27.8 Å². The van der Waals surface area contributed by atoms with Crippen LogP contribution < -0.4 is 10.1 Å². The van der Waals surface area contributed by atoms with Gasteiger partial charge in [0.25, 0.3) is 0 Å². The second-order valence-corrected chi connectivity index (χ2v) is 7.85. The zero-order valence-corrected chi connectivity index (χ0v) is 17.1. The van der Waals surface area contributed by atoms with Crippen LogP contribution in [0.1, 0.15) is 26.2 Å². The third-order valence-electron chi connectivity index (χ3n) is 5.90. The zero-order chi connectivity index (χ0) is 22.0. The molecule has 2 aliphatic rings. The first-order valence-electron chi connectivity index (χ1n) is 10.2. The van der Waals surface area contributed by atoms with Crippen molar-refractivity contribution in [2.45, 2.75) is 26.2 Å². The van der Waals surface area contributed by atoms with Gasteiger partial charge in [-0.05, 0) is 55.9 Å². The van der Waals surface area contributed by atoms with Crippen molar-refractivity contribution >= 4 is 17.8 Å². The van der Waals surface area contributed by atoms with Gasteiger partial charge in [-0.3, -0.25) is 4.79 Å². The number of ether oxygens (including phenoxy) is 2. The summed E-state index contributed by atoms with van der Waals surface area (Å²) in [6.07, 6.45) is 3.39. The summed E-state index contributed by atoms with van der Waals surface area (Å²) in [5, 5.41) is 2.81. The number of amides is 2. The Morgan fingerprint density at radius 1 is 1.23 bits per heavy atom. The van der Waals surface area contributed by atoms with Crippen molar-refractivity contribution in [3.8, 4) is 11.5 Å². The molecule has 2 fully saturated rings. The molecule has 164 valence electrons. The van der Waals surface area contributed by atoms with Crippen molar-refractivity contribution in [1.82, 2.24) is 9.88 Å². The molecule has 0 radical (unpaired) electrons. The molecule has 1 N–H and O–H groups in total. The van der Waals surface area contributed by atoms with Crippen LogP contribution in [0.5, 0.6) is 11.5 Å². The number of carbonyl (C=O) groups is 2. The quantitative estimate of drug-likeness (QED) is 0.761. The van der Waals surface area contributed by atoms with Crippen LogP contribution in [0, 0.1) is 23.0 Å². The van der Waals surface area contributed by atoms with E-state index in [-0.39, 0.29) is 34.8 Å². The third kappa shape index (κ3) is 4.60. The van der Waals surface area contributed by atoms with E-state index in [1.807, 2.05) is 0 Å². The van der Waals surface area contributed by atoms with Crippen LogP contribution in [0.2, 0.25) is 0 Å². The number of nitrogens with zero attached hydrogens (tertiary/aromatic N) is 2. The molecule has 1 saturated heterocycles. The van der Waals surface area contributed by atoms with Gasteiger partial charge in [0.05, 0.1) is 12.8 Å². The van der Waals surface area contributed by atoms with Crippen LogP contribution in [0.15, 0.2) is 36.5 Å². The lowest BCUT2D eigenvalue weighted by Crippen LogP contribution is -2.40. The molecular formula is C22H23F2N3O4. The van der Waals surface area contributed by atoms with Gasteiger partial charge in [-0.1, -0.05) is 0 Å². The molecule has 7 nitrogen and oxygen atoms in total. The van der Waals surface area contributed by atoms with Gasteiger partial charge in [0, 0.05) is 25.1 Å². The van der Waals surface area contributed by atoms with Gasteiger partial charge in [-0.15, -0.1) is 0 Å². The lowest BCUT2D eigenvalue weighted by Gasteiger charge is -2.32. The average molecular weight is 431 g/mol. The number of pyridine rings is 1. The predicted octanol–water partition coefficient (Wildman–Crippen LogP) is 4.35. The van der Waals surface area contributed by atoms with E-state index in [9.17, 15) is 18.4 Å². The van der Waals surface area contributed by atoms with Crippen LogP contribution in [-0.4, -0.2) is 41.6 Å². The Morgan fingerprint density at radius 2 is 2.00 bits per heavy atom. The first kappa shape index (κ1) is 21.0. The zero-order valence-electron chi connectivity index (χ0n) is 17.1. The molecule has 1 atom stereocenters. The molecule has 1 aromatic heterocycles. The van der Waals surface area contributed by atoms with E-state index in [0.717, 1.165) is 31.4 Å². The van der Waals surface area contributed by atoms with Crippen LogP contribution in [0.3, 0.4) is 0 Å². The minimum Gasteiger partial charge on any atom is -0.453 e. The third-order valence-corrected chi connectivity index (χ3v) is 5.90. The first-order chi connectivity index (χ1) is 14.9. The van der Waals surface area contributed by atoms with Crippen LogP contribution >= 0.6 is 0 Å². The highest BCUT2D eigenvalue weighted by atomic mass is 19.1. The fraction of sp³-hybridized carbons (Fsp3) is 0.409. The number of hydrogen-bond donors (Lipinski definition) is 1. The molecule has 2 aromatic rings. The molecule has 2 heterocycles. The molecule has 1 aliphatic carbocycles. The predicted molar refractivity (Wildman–Crippen MR) is 108 cm³/mol. The number of hydrogen-bond acceptors (Lipinski definition) is 5. The molecule has 1 saturated carbocycles. The van der Waals surface area contributed by atoms with Gasteiger partial charge in [0.2, 0.25) is 5.91 Å². The maximum atomic E-state index is 13.7. The summed E-state index contributed by atoms with van der Waals surface area (Å²) >= 11 is 0. The van der Waals surface area contributed by atoms with Gasteiger partial charge in [-0.2, -0.15) is 0 Å². The van der Waals surface area contributed by atoms with E-state index in [1.54, 1.807) is 24.0 Å². The minimum absolute atomic E-state index is 0.0593. The van der Waals surface area contributed by atoms with E-state index in [4.69, 9.17) is 9.47 Å². The summed E-state index contributed by atoms with van der Waals surface area (Å²) in [4.78, 5) is 30.3. The van der Waals surface area contributed by atoms with Crippen LogP contribution in [-0.2, 0) is 9.53 Å². The highest BCUT2D eigenvalue weighted by molar-refractivity contribution is 5.94. The Morgan fingerprint density at radius 3 is 2.65 bits per heavy atom. The van der Waals surface area contributed by atoms with Crippen molar-refractivity contribution in [1.29, 1.82) is 0 Å². The number of benzene rings is 1. The van der Waals surface area contributed by atoms with E-state index < -0.39 is 11.6 Å². The molecule has 1 spiro atoms. The normalized spacial score (nSPS) is 19.1. The maximum absolute atomic E-state index is 13.7. The minimum atomic E-state index is -0.814. The van der Waals surface area contributed by atoms with Gasteiger partial charge in [0.15, 0.2) is 11.6 Å². The van der Waals surface area contributed by atoms with E-state index >= 15 is 0 Å². The fourth-order valence-corrected chi connectivity index (χ4v) is 4.03. The van der Waals surface area contributed by atoms with Crippen molar-refractivity contribution in [3.63, 3.8) is 0 Å². The van der Waals surface area contributed by atoms with Gasteiger partial charge in [-0.25, -0.2) is 18.6 Å². The SMILES string of the molecule is CCOC(=O)N1CCC2(CC1)CC2C(=O)Nc1ccc(Oc2ccc(F)cc2F)cn1.